The number of hydrazone groups is 1. The molecule has 2 heterocycles. The van der Waals surface area contributed by atoms with Gasteiger partial charge in [-0.3, -0.25) is 14.7 Å². The van der Waals surface area contributed by atoms with E-state index in [1.165, 1.54) is 0 Å². The Labute approximate surface area is 183 Å². The van der Waals surface area contributed by atoms with Crippen LogP contribution in [0.3, 0.4) is 0 Å². The summed E-state index contributed by atoms with van der Waals surface area (Å²) in [6, 6.07) is 24.4. The van der Waals surface area contributed by atoms with E-state index < -0.39 is 0 Å². The summed E-state index contributed by atoms with van der Waals surface area (Å²) >= 11 is 0. The summed E-state index contributed by atoms with van der Waals surface area (Å²) in [7, 11) is 0. The van der Waals surface area contributed by atoms with Gasteiger partial charge >= 0.3 is 0 Å². The van der Waals surface area contributed by atoms with E-state index in [9.17, 15) is 9.59 Å². The van der Waals surface area contributed by atoms with E-state index in [1.54, 1.807) is 24.5 Å². The van der Waals surface area contributed by atoms with E-state index in [0.29, 0.717) is 21.8 Å². The second kappa shape index (κ2) is 8.31. The van der Waals surface area contributed by atoms with Gasteiger partial charge in [-0.25, -0.2) is 5.43 Å². The predicted molar refractivity (Wildman–Crippen MR) is 125 cm³/mol. The van der Waals surface area contributed by atoms with Crippen LogP contribution in [-0.4, -0.2) is 26.9 Å². The molecule has 1 amide bonds. The molecule has 0 saturated carbocycles. The summed E-state index contributed by atoms with van der Waals surface area (Å²) in [5.41, 5.74) is 6.51. The lowest BCUT2D eigenvalue weighted by Gasteiger charge is -2.14. The van der Waals surface area contributed by atoms with E-state index in [0.717, 1.165) is 16.8 Å². The van der Waals surface area contributed by atoms with Gasteiger partial charge in [-0.05, 0) is 24.3 Å². The van der Waals surface area contributed by atoms with Crippen LogP contribution in [0, 0.1) is 0 Å². The average molecular weight is 421 g/mol. The number of amides is 1. The van der Waals surface area contributed by atoms with Gasteiger partial charge < -0.3 is 4.57 Å². The number of hydrogen-bond acceptors (Lipinski definition) is 4. The molecule has 156 valence electrons. The predicted octanol–water partition coefficient (Wildman–Crippen LogP) is 3.70. The van der Waals surface area contributed by atoms with Crippen molar-refractivity contribution in [1.29, 1.82) is 0 Å². The lowest BCUT2D eigenvalue weighted by Crippen LogP contribution is -2.25. The topological polar surface area (TPSA) is 92.1 Å². The molecule has 32 heavy (non-hydrogen) atoms. The minimum atomic E-state index is -0.301. The Bertz CT molecular complexity index is 1460. The van der Waals surface area contributed by atoms with E-state index in [1.807, 2.05) is 71.3 Å². The monoisotopic (exact) mass is 421 g/mol. The fourth-order valence-electron chi connectivity index (χ4n) is 3.83. The van der Waals surface area contributed by atoms with Crippen molar-refractivity contribution in [3.63, 3.8) is 0 Å². The third-order valence-corrected chi connectivity index (χ3v) is 5.30. The fourth-order valence-corrected chi connectivity index (χ4v) is 3.83. The molecule has 0 unspecified atom stereocenters. The van der Waals surface area contributed by atoms with E-state index in [2.05, 4.69) is 20.7 Å². The average Bonchev–Trinajstić information content (AvgIpc) is 3.31. The van der Waals surface area contributed by atoms with Crippen molar-refractivity contribution in [1.82, 2.24) is 20.2 Å². The van der Waals surface area contributed by atoms with E-state index in [4.69, 9.17) is 0 Å². The maximum absolute atomic E-state index is 12.8. The van der Waals surface area contributed by atoms with Gasteiger partial charge in [0.2, 0.25) is 0 Å². The Morgan fingerprint density at radius 3 is 2.25 bits per heavy atom. The molecule has 0 spiro atoms. The summed E-state index contributed by atoms with van der Waals surface area (Å²) < 4.78 is 1.84. The minimum Gasteiger partial charge on any atom is -0.331 e. The molecule has 0 saturated heterocycles. The molecule has 0 atom stereocenters. The van der Waals surface area contributed by atoms with E-state index in [-0.39, 0.29) is 17.9 Å². The summed E-state index contributed by atoms with van der Waals surface area (Å²) in [6.45, 7) is 0.0234. The number of carbonyl (C=O) groups is 1. The highest BCUT2D eigenvalue weighted by molar-refractivity contribution is 5.95. The van der Waals surface area contributed by atoms with Crippen molar-refractivity contribution in [2.75, 3.05) is 0 Å². The number of fused-ring (bicyclic) bond motifs is 2. The minimum absolute atomic E-state index is 0.0234. The largest absolute Gasteiger partial charge is 0.331 e. The van der Waals surface area contributed by atoms with Gasteiger partial charge in [-0.1, -0.05) is 54.6 Å². The van der Waals surface area contributed by atoms with Crippen LogP contribution in [0.1, 0.15) is 5.56 Å². The Morgan fingerprint density at radius 2 is 1.56 bits per heavy atom. The molecule has 2 aromatic heterocycles. The Balaban J connectivity index is 1.42. The van der Waals surface area contributed by atoms with Gasteiger partial charge in [-0.15, -0.1) is 0 Å². The van der Waals surface area contributed by atoms with Crippen molar-refractivity contribution < 1.29 is 4.79 Å². The van der Waals surface area contributed by atoms with Crippen molar-refractivity contribution >= 4 is 33.9 Å². The van der Waals surface area contributed by atoms with Crippen LogP contribution in [0.4, 0.5) is 0 Å². The summed E-state index contributed by atoms with van der Waals surface area (Å²) in [6.07, 6.45) is 3.21. The zero-order valence-electron chi connectivity index (χ0n) is 17.0. The SMILES string of the molecule is O=C(Cn1c2ccccc2c(=O)c2ccccc21)N/N=C/c1cn[nH]c1-c1ccccc1. The first-order chi connectivity index (χ1) is 15.7. The molecule has 3 aromatic carbocycles. The Kier molecular flexibility index (Phi) is 5.05. The lowest BCUT2D eigenvalue weighted by atomic mass is 10.1. The second-order valence-corrected chi connectivity index (χ2v) is 7.31. The maximum atomic E-state index is 12.8. The van der Waals surface area contributed by atoms with Crippen molar-refractivity contribution in [2.24, 2.45) is 5.10 Å². The van der Waals surface area contributed by atoms with Gasteiger partial charge in [-0.2, -0.15) is 10.2 Å². The highest BCUT2D eigenvalue weighted by Gasteiger charge is 2.12. The smallest absolute Gasteiger partial charge is 0.260 e. The molecule has 0 radical (unpaired) electrons. The molecule has 0 fully saturated rings. The van der Waals surface area contributed by atoms with Crippen molar-refractivity contribution in [3.05, 3.63) is 101 Å². The van der Waals surface area contributed by atoms with E-state index >= 15 is 0 Å². The van der Waals surface area contributed by atoms with Crippen LogP contribution in [0.25, 0.3) is 33.1 Å². The molecule has 7 heteroatoms. The van der Waals surface area contributed by atoms with Crippen LogP contribution in [0.2, 0.25) is 0 Å². The fraction of sp³-hybridized carbons (Fsp3) is 0.0400. The zero-order valence-corrected chi connectivity index (χ0v) is 17.0. The van der Waals surface area contributed by atoms with Gasteiger partial charge in [0.05, 0.1) is 29.1 Å². The molecular formula is C25H19N5O2. The molecule has 0 aliphatic rings. The highest BCUT2D eigenvalue weighted by atomic mass is 16.2. The maximum Gasteiger partial charge on any atom is 0.260 e. The van der Waals surface area contributed by atoms with Crippen molar-refractivity contribution in [3.8, 4) is 11.3 Å². The number of pyridine rings is 1. The molecule has 0 aliphatic carbocycles. The zero-order chi connectivity index (χ0) is 21.9. The lowest BCUT2D eigenvalue weighted by molar-refractivity contribution is -0.121. The van der Waals surface area contributed by atoms with Gasteiger partial charge in [0.1, 0.15) is 6.54 Å². The molecule has 5 rings (SSSR count). The number of H-pyrrole nitrogens is 1. The summed E-state index contributed by atoms with van der Waals surface area (Å²) in [5.74, 6) is -0.301. The first kappa shape index (κ1) is 19.4. The second-order valence-electron chi connectivity index (χ2n) is 7.31. The number of nitrogens with one attached hydrogen (secondary N) is 2. The number of aromatic amines is 1. The number of benzene rings is 3. The number of rotatable bonds is 5. The molecule has 0 bridgehead atoms. The van der Waals surface area contributed by atoms with Crippen molar-refractivity contribution in [2.45, 2.75) is 6.54 Å². The Hall–Kier alpha value is -4.52. The molecule has 2 N–H and O–H groups in total. The summed E-state index contributed by atoms with van der Waals surface area (Å²) in [5, 5.41) is 12.3. The van der Waals surface area contributed by atoms with Gasteiger partial charge in [0.15, 0.2) is 5.43 Å². The van der Waals surface area contributed by atoms with Crippen LogP contribution in [0.15, 0.2) is 95.0 Å². The molecular weight excluding hydrogens is 402 g/mol. The molecule has 5 aromatic rings. The molecule has 7 nitrogen and oxygen atoms in total. The molecule has 0 aliphatic heterocycles. The third kappa shape index (κ3) is 3.56. The van der Waals surface area contributed by atoms with Crippen LogP contribution in [0.5, 0.6) is 0 Å². The first-order valence-electron chi connectivity index (χ1n) is 10.1. The van der Waals surface area contributed by atoms with Crippen LogP contribution in [-0.2, 0) is 11.3 Å². The van der Waals surface area contributed by atoms with Gasteiger partial charge in [0.25, 0.3) is 5.91 Å². The number of aromatic nitrogens is 3. The highest BCUT2D eigenvalue weighted by Crippen LogP contribution is 2.20. The standard InChI is InChI=1S/C25H19N5O2/c31-23(28-26-14-18-15-27-29-24(18)17-8-2-1-3-9-17)16-30-21-12-6-4-10-19(21)25(32)20-11-5-7-13-22(20)30/h1-15H,16H2,(H,27,29)(H,28,31)/b26-14+. The first-order valence-corrected chi connectivity index (χ1v) is 10.1. The normalized spacial score (nSPS) is 11.4. The van der Waals surface area contributed by atoms with Gasteiger partial charge in [0, 0.05) is 21.9 Å². The van der Waals surface area contributed by atoms with Crippen LogP contribution >= 0.6 is 0 Å². The van der Waals surface area contributed by atoms with Crippen LogP contribution < -0.4 is 10.9 Å². The number of para-hydroxylation sites is 2. The third-order valence-electron chi connectivity index (χ3n) is 5.30. The number of hydrogen-bond donors (Lipinski definition) is 2. The summed E-state index contributed by atoms with van der Waals surface area (Å²) in [4.78, 5) is 25.6. The number of nitrogens with zero attached hydrogens (tertiary/aromatic N) is 3. The quantitative estimate of drug-likeness (QED) is 0.258. The Morgan fingerprint density at radius 1 is 0.938 bits per heavy atom. The number of carbonyl (C=O) groups excluding carboxylic acids is 1.